The van der Waals surface area contributed by atoms with E-state index in [1.54, 1.807) is 23.0 Å². The number of halogens is 2. The van der Waals surface area contributed by atoms with Crippen LogP contribution < -0.4 is 5.32 Å². The van der Waals surface area contributed by atoms with Crippen LogP contribution in [0, 0.1) is 0 Å². The minimum absolute atomic E-state index is 0.520. The van der Waals surface area contributed by atoms with Gasteiger partial charge in [-0.2, -0.15) is 5.10 Å². The third kappa shape index (κ3) is 2.19. The molecule has 3 aromatic rings. The molecule has 0 aliphatic heterocycles. The minimum Gasteiger partial charge on any atom is -0.370 e. The van der Waals surface area contributed by atoms with Crippen LogP contribution in [0.3, 0.4) is 0 Å². The molecule has 1 aromatic carbocycles. The van der Waals surface area contributed by atoms with Crippen molar-refractivity contribution in [2.45, 2.75) is 6.92 Å². The lowest BCUT2D eigenvalue weighted by Crippen LogP contribution is -2.02. The van der Waals surface area contributed by atoms with E-state index in [1.165, 1.54) is 6.33 Å². The van der Waals surface area contributed by atoms with Crippen molar-refractivity contribution in [2.24, 2.45) is 0 Å². The molecule has 2 heterocycles. The predicted octanol–water partition coefficient (Wildman–Crippen LogP) is 3.55. The van der Waals surface area contributed by atoms with Crippen molar-refractivity contribution in [1.82, 2.24) is 19.7 Å². The first kappa shape index (κ1) is 13.1. The van der Waals surface area contributed by atoms with Gasteiger partial charge >= 0.3 is 0 Å². The maximum atomic E-state index is 6.22. The minimum atomic E-state index is 0.520. The van der Waals surface area contributed by atoms with Crippen molar-refractivity contribution in [3.05, 3.63) is 40.8 Å². The Bertz CT molecular complexity index is 769. The van der Waals surface area contributed by atoms with Crippen molar-refractivity contribution >= 4 is 40.1 Å². The lowest BCUT2D eigenvalue weighted by Gasteiger charge is -2.06. The van der Waals surface area contributed by atoms with E-state index in [0.29, 0.717) is 15.7 Å². The van der Waals surface area contributed by atoms with Gasteiger partial charge in [0, 0.05) is 11.6 Å². The van der Waals surface area contributed by atoms with E-state index < -0.39 is 0 Å². The fourth-order valence-corrected chi connectivity index (χ4v) is 2.47. The van der Waals surface area contributed by atoms with Gasteiger partial charge in [-0.15, -0.1) is 0 Å². The van der Waals surface area contributed by atoms with Crippen LogP contribution in [0.25, 0.3) is 16.7 Å². The van der Waals surface area contributed by atoms with E-state index in [1.807, 2.05) is 13.0 Å². The van der Waals surface area contributed by atoms with Gasteiger partial charge in [-0.3, -0.25) is 0 Å². The number of hydrogen-bond acceptors (Lipinski definition) is 4. The molecule has 5 nitrogen and oxygen atoms in total. The smallest absolute Gasteiger partial charge is 0.168 e. The number of hydrogen-bond donors (Lipinski definition) is 1. The summed E-state index contributed by atoms with van der Waals surface area (Å²) in [6.07, 6.45) is 3.22. The summed E-state index contributed by atoms with van der Waals surface area (Å²) in [5, 5.41) is 9.47. The molecule has 0 unspecified atom stereocenters. The second-order valence-electron chi connectivity index (χ2n) is 4.14. The van der Waals surface area contributed by atoms with Crippen molar-refractivity contribution in [1.29, 1.82) is 0 Å². The van der Waals surface area contributed by atoms with Crippen LogP contribution in [0.15, 0.2) is 30.7 Å². The van der Waals surface area contributed by atoms with Crippen LogP contribution in [-0.4, -0.2) is 26.3 Å². The van der Waals surface area contributed by atoms with Gasteiger partial charge in [0.05, 0.1) is 22.3 Å². The van der Waals surface area contributed by atoms with Gasteiger partial charge in [0.2, 0.25) is 0 Å². The first-order valence-electron chi connectivity index (χ1n) is 6.08. The van der Waals surface area contributed by atoms with Crippen LogP contribution in [0.1, 0.15) is 6.92 Å². The molecule has 0 fully saturated rings. The molecule has 102 valence electrons. The topological polar surface area (TPSA) is 55.6 Å². The van der Waals surface area contributed by atoms with Gasteiger partial charge in [-0.05, 0) is 25.1 Å². The van der Waals surface area contributed by atoms with Crippen LogP contribution >= 0.6 is 23.2 Å². The molecule has 0 atom stereocenters. The number of rotatable bonds is 3. The Kier molecular flexibility index (Phi) is 3.46. The highest BCUT2D eigenvalue weighted by Gasteiger charge is 2.12. The fraction of sp³-hybridized carbons (Fsp3) is 0.154. The van der Waals surface area contributed by atoms with Crippen LogP contribution in [0.5, 0.6) is 0 Å². The maximum absolute atomic E-state index is 6.22. The van der Waals surface area contributed by atoms with E-state index in [4.69, 9.17) is 23.2 Å². The molecule has 7 heteroatoms. The molecule has 0 aliphatic rings. The Morgan fingerprint density at radius 3 is 2.85 bits per heavy atom. The van der Waals surface area contributed by atoms with Crippen molar-refractivity contribution in [3.8, 4) is 5.69 Å². The Hall–Kier alpha value is -1.85. The van der Waals surface area contributed by atoms with Gasteiger partial charge < -0.3 is 5.32 Å². The summed E-state index contributed by atoms with van der Waals surface area (Å²) in [6.45, 7) is 2.79. The zero-order valence-electron chi connectivity index (χ0n) is 10.6. The summed E-state index contributed by atoms with van der Waals surface area (Å²) in [6, 6.07) is 5.26. The van der Waals surface area contributed by atoms with E-state index in [2.05, 4.69) is 20.4 Å². The molecular formula is C13H11Cl2N5. The summed E-state index contributed by atoms with van der Waals surface area (Å²) in [5.41, 5.74) is 1.42. The maximum Gasteiger partial charge on any atom is 0.168 e. The molecule has 0 bridgehead atoms. The third-order valence-electron chi connectivity index (χ3n) is 2.85. The number of nitrogens with zero attached hydrogens (tertiary/aromatic N) is 4. The van der Waals surface area contributed by atoms with Crippen molar-refractivity contribution < 1.29 is 0 Å². The number of nitrogens with one attached hydrogen (secondary N) is 1. The summed E-state index contributed by atoms with van der Waals surface area (Å²) < 4.78 is 1.68. The fourth-order valence-electron chi connectivity index (χ4n) is 1.98. The quantitative estimate of drug-likeness (QED) is 0.804. The van der Waals surface area contributed by atoms with E-state index in [0.717, 1.165) is 23.4 Å². The predicted molar refractivity (Wildman–Crippen MR) is 80.8 cm³/mol. The van der Waals surface area contributed by atoms with Gasteiger partial charge in [0.25, 0.3) is 0 Å². The molecule has 0 spiro atoms. The molecule has 20 heavy (non-hydrogen) atoms. The number of aromatic nitrogens is 4. The van der Waals surface area contributed by atoms with Gasteiger partial charge in [0.15, 0.2) is 5.65 Å². The van der Waals surface area contributed by atoms with Crippen LogP contribution in [0.4, 0.5) is 5.82 Å². The second kappa shape index (κ2) is 5.26. The Morgan fingerprint density at radius 2 is 2.10 bits per heavy atom. The zero-order chi connectivity index (χ0) is 14.1. The zero-order valence-corrected chi connectivity index (χ0v) is 12.2. The molecule has 3 rings (SSSR count). The highest BCUT2D eigenvalue weighted by molar-refractivity contribution is 6.35. The largest absolute Gasteiger partial charge is 0.370 e. The summed E-state index contributed by atoms with van der Waals surface area (Å²) in [4.78, 5) is 8.49. The van der Waals surface area contributed by atoms with Crippen molar-refractivity contribution in [3.63, 3.8) is 0 Å². The average Bonchev–Trinajstić information content (AvgIpc) is 2.84. The summed E-state index contributed by atoms with van der Waals surface area (Å²) in [5.74, 6) is 0.758. The van der Waals surface area contributed by atoms with E-state index in [-0.39, 0.29) is 0 Å². The van der Waals surface area contributed by atoms with Crippen molar-refractivity contribution in [2.75, 3.05) is 11.9 Å². The molecule has 0 amide bonds. The third-order valence-corrected chi connectivity index (χ3v) is 3.39. The van der Waals surface area contributed by atoms with E-state index >= 15 is 0 Å². The van der Waals surface area contributed by atoms with Crippen LogP contribution in [-0.2, 0) is 0 Å². The Balaban J connectivity index is 2.20. The number of benzene rings is 1. The van der Waals surface area contributed by atoms with Gasteiger partial charge in [-0.1, -0.05) is 23.2 Å². The standard InChI is InChI=1S/C13H11Cl2N5/c1-2-16-12-9-6-19-20(13(9)18-7-17-12)11-4-3-8(14)5-10(11)15/h3-7H,2H2,1H3,(H,16,17,18). The highest BCUT2D eigenvalue weighted by Crippen LogP contribution is 2.27. The molecule has 1 N–H and O–H groups in total. The van der Waals surface area contributed by atoms with Crippen LogP contribution in [0.2, 0.25) is 10.0 Å². The SMILES string of the molecule is CCNc1ncnc2c1cnn2-c1ccc(Cl)cc1Cl. The highest BCUT2D eigenvalue weighted by atomic mass is 35.5. The normalized spacial score (nSPS) is 10.9. The average molecular weight is 308 g/mol. The Labute approximate surface area is 125 Å². The molecule has 2 aromatic heterocycles. The summed E-state index contributed by atoms with van der Waals surface area (Å²) >= 11 is 12.1. The molecule has 0 aliphatic carbocycles. The number of anilines is 1. The van der Waals surface area contributed by atoms with Gasteiger partial charge in [-0.25, -0.2) is 14.6 Å². The lowest BCUT2D eigenvalue weighted by molar-refractivity contribution is 0.895. The first-order valence-corrected chi connectivity index (χ1v) is 6.84. The molecule has 0 saturated carbocycles. The second-order valence-corrected chi connectivity index (χ2v) is 4.99. The number of fused-ring (bicyclic) bond motifs is 1. The molecule has 0 radical (unpaired) electrons. The lowest BCUT2D eigenvalue weighted by atomic mass is 10.3. The Morgan fingerprint density at radius 1 is 1.25 bits per heavy atom. The molecular weight excluding hydrogens is 297 g/mol. The monoisotopic (exact) mass is 307 g/mol. The summed E-state index contributed by atoms with van der Waals surface area (Å²) in [7, 11) is 0. The first-order chi connectivity index (χ1) is 9.70. The van der Waals surface area contributed by atoms with E-state index in [9.17, 15) is 0 Å². The molecule has 0 saturated heterocycles. The van der Waals surface area contributed by atoms with Gasteiger partial charge in [0.1, 0.15) is 12.1 Å².